The van der Waals surface area contributed by atoms with Crippen LogP contribution < -0.4 is 46.9 Å². The number of anilines is 2. The Morgan fingerprint density at radius 3 is 1.49 bits per heavy atom. The number of ether oxygens (including phenoxy) is 1. The number of likely N-dealkylation sites (N-methyl/N-ethyl adjacent to an activating group) is 2. The predicted octanol–water partition coefficient (Wildman–Crippen LogP) is 6.36. The number of nitrogens with one attached hydrogen (secondary N) is 1. The first-order chi connectivity index (χ1) is 29.9. The summed E-state index contributed by atoms with van der Waals surface area (Å²) in [5.74, 6) is 0.223. The molecule has 13 heteroatoms. The molecular weight excluding hydrogens is 793 g/mol. The maximum absolute atomic E-state index is 12.0. The van der Waals surface area contributed by atoms with E-state index in [0.717, 1.165) is 41.2 Å². The van der Waals surface area contributed by atoms with Gasteiger partial charge in [-0.3, -0.25) is 19.2 Å². The van der Waals surface area contributed by atoms with Crippen molar-refractivity contribution in [1.29, 1.82) is 5.26 Å². The Bertz CT molecular complexity index is 2390. The van der Waals surface area contributed by atoms with Gasteiger partial charge < -0.3 is 40.5 Å². The lowest BCUT2D eigenvalue weighted by atomic mass is 9.83. The first-order valence-corrected chi connectivity index (χ1v) is 22.0. The van der Waals surface area contributed by atoms with Crippen molar-refractivity contribution in [3.8, 4) is 11.9 Å². The van der Waals surface area contributed by atoms with E-state index in [0.29, 0.717) is 12.2 Å². The van der Waals surface area contributed by atoms with Crippen molar-refractivity contribution in [3.05, 3.63) is 128 Å². The van der Waals surface area contributed by atoms with Crippen LogP contribution in [0.2, 0.25) is 0 Å². The van der Waals surface area contributed by atoms with E-state index in [1.165, 1.54) is 51.0 Å². The summed E-state index contributed by atoms with van der Waals surface area (Å²) in [6.07, 6.45) is 6.60. The van der Waals surface area contributed by atoms with E-state index >= 15 is 0 Å². The van der Waals surface area contributed by atoms with Crippen LogP contribution in [0.5, 0.6) is 5.75 Å². The van der Waals surface area contributed by atoms with Crippen LogP contribution in [0.4, 0.5) is 17.1 Å². The number of fused-ring (bicyclic) bond motifs is 2. The Labute approximate surface area is 374 Å². The summed E-state index contributed by atoms with van der Waals surface area (Å²) in [6, 6.07) is 17.8. The monoisotopic (exact) mass is 863 g/mol. The lowest BCUT2D eigenvalue weighted by Gasteiger charge is -2.25. The zero-order valence-corrected chi connectivity index (χ0v) is 39.9. The number of hydrogen-bond donors (Lipinski definition) is 2. The molecule has 3 N–H and O–H groups in total. The number of benzene rings is 2. The van der Waals surface area contributed by atoms with Crippen LogP contribution in [0.3, 0.4) is 0 Å². The molecule has 0 fully saturated rings. The highest BCUT2D eigenvalue weighted by Gasteiger charge is 2.40. The third-order valence-electron chi connectivity index (χ3n) is 12.0. The highest BCUT2D eigenvalue weighted by molar-refractivity contribution is 5.80. The van der Waals surface area contributed by atoms with Gasteiger partial charge in [0.05, 0.1) is 31.8 Å². The summed E-state index contributed by atoms with van der Waals surface area (Å²) >= 11 is 0. The molecule has 2 aliphatic heterocycles. The molecule has 0 amide bonds. The molecule has 2 aliphatic rings. The fourth-order valence-electron chi connectivity index (χ4n) is 7.89. The van der Waals surface area contributed by atoms with E-state index in [1.807, 2.05) is 55.4 Å². The number of para-hydroxylation sites is 2. The second-order valence-corrected chi connectivity index (χ2v) is 16.3. The zero-order valence-electron chi connectivity index (χ0n) is 39.9. The van der Waals surface area contributed by atoms with E-state index in [4.69, 9.17) is 15.4 Å². The van der Waals surface area contributed by atoms with E-state index in [-0.39, 0.29) is 27.8 Å². The Balaban J connectivity index is 0.000000320. The standard InChI is InChI=1S/C20H23NO3.C17H14N3O2.2C6H15N.CH2N2/c1-5-6-11-24-19-13(17(22)18(19)23)12-16-20(2,3)14-9-7-8-10-15(14)21(16)4;1-17(2)11-6-4-5-7-12(11)20(3)13(17)8-10-14(19-9-18)16(22)15(10)21;2*1-4-7(5-2)6-3;2-1-3/h7-10,12H,5-6,11H2,1-4H3;4-8H,1-3H3;2*4-6H2,1-3H3;2H2/q;-1;;;/p+1. The van der Waals surface area contributed by atoms with Crippen molar-refractivity contribution in [1.82, 2.24) is 4.90 Å². The lowest BCUT2D eigenvalue weighted by molar-refractivity contribution is -0.894. The van der Waals surface area contributed by atoms with Crippen molar-refractivity contribution in [2.24, 2.45) is 10.7 Å². The first-order valence-electron chi connectivity index (χ1n) is 22.0. The van der Waals surface area contributed by atoms with Crippen molar-refractivity contribution in [3.63, 3.8) is 0 Å². The van der Waals surface area contributed by atoms with Crippen LogP contribution in [-0.2, 0) is 10.8 Å². The molecule has 0 aromatic heterocycles. The average molecular weight is 863 g/mol. The first kappa shape index (κ1) is 53.2. The average Bonchev–Trinajstić information content (AvgIpc) is 3.60. The third kappa shape index (κ3) is 12.2. The molecule has 6 rings (SSSR count). The molecule has 0 unspecified atom stereocenters. The minimum atomic E-state index is -0.690. The second kappa shape index (κ2) is 24.6. The fourth-order valence-corrected chi connectivity index (χ4v) is 7.89. The Morgan fingerprint density at radius 2 is 1.14 bits per heavy atom. The molecule has 0 atom stereocenters. The molecule has 340 valence electrons. The maximum Gasteiger partial charge on any atom is 0.268 e. The van der Waals surface area contributed by atoms with Crippen molar-refractivity contribution >= 4 is 35.2 Å². The predicted molar refractivity (Wildman–Crippen MR) is 261 cm³/mol. The van der Waals surface area contributed by atoms with Gasteiger partial charge in [-0.1, -0.05) is 98.2 Å². The van der Waals surface area contributed by atoms with Gasteiger partial charge in [0.15, 0.2) is 11.9 Å². The molecule has 4 aromatic rings. The van der Waals surface area contributed by atoms with Gasteiger partial charge in [0.2, 0.25) is 16.3 Å². The lowest BCUT2D eigenvalue weighted by Crippen LogP contribution is -3.11. The number of quaternary nitrogens is 1. The van der Waals surface area contributed by atoms with Gasteiger partial charge in [0.25, 0.3) is 5.43 Å². The second-order valence-electron chi connectivity index (χ2n) is 16.3. The van der Waals surface area contributed by atoms with Gasteiger partial charge >= 0.3 is 0 Å². The van der Waals surface area contributed by atoms with Crippen LogP contribution in [0.15, 0.2) is 84.1 Å². The number of unbranched alkanes of at least 4 members (excludes halogenated alkanes) is 1. The van der Waals surface area contributed by atoms with Crippen LogP contribution in [0.1, 0.15) is 111 Å². The minimum Gasteiger partial charge on any atom is -0.489 e. The largest absolute Gasteiger partial charge is 0.489 e. The number of rotatable bonds is 13. The smallest absolute Gasteiger partial charge is 0.268 e. The van der Waals surface area contributed by atoms with Crippen LogP contribution in [-0.4, -0.2) is 70.9 Å². The molecule has 0 spiro atoms. The molecule has 2 heterocycles. The number of allylic oxidation sites excluding steroid dienone is 2. The van der Waals surface area contributed by atoms with E-state index in [9.17, 15) is 19.2 Å². The Hall–Kier alpha value is -5.93. The van der Waals surface area contributed by atoms with E-state index in [1.54, 1.807) is 17.0 Å². The molecule has 63 heavy (non-hydrogen) atoms. The quantitative estimate of drug-likeness (QED) is 0.0506. The maximum atomic E-state index is 12.0. The van der Waals surface area contributed by atoms with Gasteiger partial charge in [0, 0.05) is 58.9 Å². The zero-order chi connectivity index (χ0) is 47.7. The van der Waals surface area contributed by atoms with Crippen molar-refractivity contribution < 1.29 is 9.64 Å². The van der Waals surface area contributed by atoms with Gasteiger partial charge in [-0.2, -0.15) is 11.3 Å². The third-order valence-corrected chi connectivity index (χ3v) is 12.0. The summed E-state index contributed by atoms with van der Waals surface area (Å²) < 4.78 is 5.55. The number of nitrogens with two attached hydrogens (primary N) is 1. The summed E-state index contributed by atoms with van der Waals surface area (Å²) in [7, 11) is 3.91. The van der Waals surface area contributed by atoms with Gasteiger partial charge in [0.1, 0.15) is 0 Å². The minimum absolute atomic E-state index is 0.0415. The van der Waals surface area contributed by atoms with Gasteiger partial charge in [-0.25, -0.2) is 0 Å². The summed E-state index contributed by atoms with van der Waals surface area (Å²) in [5, 5.41) is 15.7. The fraction of sp³-hybridized carbons (Fsp3) is 0.480. The molecular formula is C50H70N8O5. The number of hydrogen-bond acceptors (Lipinski definition) is 11. The van der Waals surface area contributed by atoms with Crippen LogP contribution in [0.25, 0.3) is 17.6 Å². The Kier molecular flexibility index (Phi) is 20.8. The molecule has 0 saturated heterocycles. The van der Waals surface area contributed by atoms with E-state index < -0.39 is 21.7 Å². The summed E-state index contributed by atoms with van der Waals surface area (Å²) in [5.41, 5.74) is 8.43. The molecule has 4 aromatic carbocycles. The molecule has 13 nitrogen and oxygen atoms in total. The number of nitrogens with zero attached hydrogens (tertiary/aromatic N) is 6. The van der Waals surface area contributed by atoms with Crippen LogP contribution in [0, 0.1) is 11.5 Å². The number of nitriles is 1. The van der Waals surface area contributed by atoms with Gasteiger partial charge in [-0.05, 0) is 82.2 Å². The molecule has 0 bridgehead atoms. The van der Waals surface area contributed by atoms with Crippen molar-refractivity contribution in [2.75, 3.05) is 69.8 Å². The highest BCUT2D eigenvalue weighted by atomic mass is 16.5. The van der Waals surface area contributed by atoms with E-state index in [2.05, 4.69) is 115 Å². The summed E-state index contributed by atoms with van der Waals surface area (Å²) in [6.45, 7) is 31.5. The Morgan fingerprint density at radius 1 is 0.730 bits per heavy atom. The van der Waals surface area contributed by atoms with Gasteiger partial charge in [-0.15, -0.1) is 0 Å². The SMILES string of the molecule is CCCCOc1c(C=C2N(C)c3ccccc3C2(C)C)c(=O)c1=O.CCN(CC)CC.CC[NH+](CC)CC.CN1C(=Cc2c(N=C=[N-])c(=O)c2=O)C(C)(C)c2ccccc21.N#CN. The highest BCUT2D eigenvalue weighted by Crippen LogP contribution is 2.48. The molecule has 0 radical (unpaired) electrons. The number of aliphatic imine (C=N–C) groups is 1. The molecule has 0 aliphatic carbocycles. The molecule has 0 saturated carbocycles. The topological polar surface area (TPSA) is 176 Å². The van der Waals surface area contributed by atoms with Crippen molar-refractivity contribution in [2.45, 2.75) is 99.8 Å². The van der Waals surface area contributed by atoms with Crippen LogP contribution >= 0.6 is 0 Å². The normalized spacial score (nSPS) is 15.2. The summed E-state index contributed by atoms with van der Waals surface area (Å²) in [4.78, 5) is 58.7.